The predicted octanol–water partition coefficient (Wildman–Crippen LogP) is 17.6. The molecule has 0 bridgehead atoms. The molecule has 0 amide bonds. The molecule has 2 saturated carbocycles. The minimum absolute atomic E-state index is 0. The van der Waals surface area contributed by atoms with Gasteiger partial charge in [-0.1, -0.05) is 176 Å². The van der Waals surface area contributed by atoms with Crippen molar-refractivity contribution in [2.75, 3.05) is 0 Å². The smallest absolute Gasteiger partial charge is 0.304 e. The first-order chi connectivity index (χ1) is 37.2. The van der Waals surface area contributed by atoms with Gasteiger partial charge < -0.3 is 15.0 Å². The van der Waals surface area contributed by atoms with Crippen LogP contribution in [0, 0.1) is 41.5 Å². The van der Waals surface area contributed by atoms with Crippen molar-refractivity contribution in [3.05, 3.63) is 258 Å². The number of aromatic nitrogens is 3. The zero-order valence-electron chi connectivity index (χ0n) is 42.2. The third kappa shape index (κ3) is 10.6. The number of pyridine rings is 3. The summed E-state index contributed by atoms with van der Waals surface area (Å²) in [5, 5.41) is 0. The number of hydrogen-bond acceptors (Lipinski definition) is 3. The second-order valence-electron chi connectivity index (χ2n) is 20.7. The number of halogens is 4. The Morgan fingerprint density at radius 2 is 0.909 bits per heavy atom. The molecule has 3 heterocycles. The topological polar surface area (TPSA) is 38.7 Å². The average molecular weight is 1190 g/mol. The summed E-state index contributed by atoms with van der Waals surface area (Å²) >= 11 is 0. The van der Waals surface area contributed by atoms with E-state index in [0.717, 1.165) is 155 Å². The van der Waals surface area contributed by atoms with Crippen LogP contribution >= 0.6 is 0 Å². The fraction of sp³-hybridized carbons (Fsp3) is 0.174. The van der Waals surface area contributed by atoms with Crippen LogP contribution in [0.25, 0.3) is 78.3 Å². The molecule has 2 aliphatic carbocycles. The summed E-state index contributed by atoms with van der Waals surface area (Å²) in [5.41, 5.74) is 15.7. The van der Waals surface area contributed by atoms with Crippen molar-refractivity contribution in [2.45, 2.75) is 75.0 Å². The van der Waals surface area contributed by atoms with E-state index in [9.17, 15) is 17.6 Å². The maximum Gasteiger partial charge on any atom is 3.00 e. The molecule has 2 aliphatic rings. The summed E-state index contributed by atoms with van der Waals surface area (Å²) in [5.74, 6) is -2.74. The van der Waals surface area contributed by atoms with Gasteiger partial charge in [-0.3, -0.25) is 17.6 Å². The van der Waals surface area contributed by atoms with E-state index in [2.05, 4.69) is 127 Å². The van der Waals surface area contributed by atoms with Gasteiger partial charge in [-0.2, -0.15) is 0 Å². The molecule has 3 aromatic heterocycles. The molecule has 0 saturated heterocycles. The van der Waals surface area contributed by atoms with Gasteiger partial charge in [0.05, 0.1) is 0 Å². The van der Waals surface area contributed by atoms with E-state index >= 15 is 0 Å². The number of benzene rings is 7. The van der Waals surface area contributed by atoms with Gasteiger partial charge in [-0.15, -0.1) is 60.2 Å². The van der Waals surface area contributed by atoms with E-state index in [1.807, 2.05) is 61.1 Å². The molecule has 10 aromatic rings. The Labute approximate surface area is 461 Å². The van der Waals surface area contributed by atoms with Crippen molar-refractivity contribution < 1.29 is 37.7 Å². The first-order valence-corrected chi connectivity index (χ1v) is 26.2. The molecule has 0 N–H and O–H groups in total. The van der Waals surface area contributed by atoms with Gasteiger partial charge in [0.2, 0.25) is 0 Å². The summed E-state index contributed by atoms with van der Waals surface area (Å²) in [4.78, 5) is 14.7. The van der Waals surface area contributed by atoms with E-state index < -0.39 is 23.3 Å². The molecule has 0 spiro atoms. The number of hydrogen-bond donors (Lipinski definition) is 0. The fourth-order valence-corrected chi connectivity index (χ4v) is 12.2. The number of rotatable bonds is 13. The van der Waals surface area contributed by atoms with Crippen molar-refractivity contribution in [3.63, 3.8) is 0 Å². The zero-order chi connectivity index (χ0) is 51.6. The monoisotopic (exact) mass is 1190 g/mol. The average Bonchev–Trinajstić information content (AvgIpc) is 4.15. The summed E-state index contributed by atoms with van der Waals surface area (Å²) in [7, 11) is 0. The maximum absolute atomic E-state index is 15.0. The molecule has 8 heteroatoms. The Morgan fingerprint density at radius 3 is 1.43 bits per heavy atom. The number of nitrogens with zero attached hydrogens (tertiary/aromatic N) is 3. The van der Waals surface area contributed by atoms with E-state index in [0.29, 0.717) is 11.4 Å². The van der Waals surface area contributed by atoms with Gasteiger partial charge in [-0.25, -0.2) is 0 Å². The second kappa shape index (κ2) is 22.1. The first kappa shape index (κ1) is 51.5. The van der Waals surface area contributed by atoms with Crippen LogP contribution in [0.3, 0.4) is 0 Å². The maximum atomic E-state index is 15.0. The Kier molecular flexibility index (Phi) is 14.8. The first-order valence-electron chi connectivity index (χ1n) is 26.2. The summed E-state index contributed by atoms with van der Waals surface area (Å²) in [6, 6.07) is 65.8. The second-order valence-corrected chi connectivity index (χ2v) is 20.7. The summed E-state index contributed by atoms with van der Waals surface area (Å²) in [6.45, 7) is 0. The normalized spacial score (nSPS) is 14.5. The Bertz CT molecular complexity index is 3550. The molecule has 3 nitrogen and oxygen atoms in total. The third-order valence-electron chi connectivity index (χ3n) is 16.0. The van der Waals surface area contributed by atoms with Gasteiger partial charge in [-0.05, 0) is 117 Å². The van der Waals surface area contributed by atoms with Gasteiger partial charge in [0.25, 0.3) is 0 Å². The third-order valence-corrected chi connectivity index (χ3v) is 16.0. The van der Waals surface area contributed by atoms with Gasteiger partial charge in [0, 0.05) is 58.3 Å². The van der Waals surface area contributed by atoms with Crippen LogP contribution < -0.4 is 0 Å². The van der Waals surface area contributed by atoms with E-state index in [1.165, 1.54) is 11.1 Å². The van der Waals surface area contributed by atoms with Crippen molar-refractivity contribution in [2.24, 2.45) is 0 Å². The molecule has 12 rings (SSSR count). The van der Waals surface area contributed by atoms with E-state index in [4.69, 9.17) is 15.0 Å². The van der Waals surface area contributed by atoms with Crippen LogP contribution in [-0.4, -0.2) is 15.0 Å². The molecule has 7 aromatic carbocycles. The molecule has 380 valence electrons. The van der Waals surface area contributed by atoms with Crippen LogP contribution in [0.5, 0.6) is 0 Å². The van der Waals surface area contributed by atoms with Crippen LogP contribution in [0.2, 0.25) is 0 Å². The van der Waals surface area contributed by atoms with Crippen LogP contribution in [-0.2, 0) is 43.8 Å². The Hall–Kier alpha value is -7.64. The molecule has 0 radical (unpaired) electrons. The summed E-state index contributed by atoms with van der Waals surface area (Å²) in [6.07, 6.45) is 15.5. The molecule has 0 atom stereocenters. The minimum atomic E-state index is -0.693. The SMILES string of the molecule is Fc1c[c-]c(-c2ccc(C3(Cc4cc(CC5(c6ccc(-c7[c-]cc(F)cc7F)nc6)CCCC5)cc(-c5ccccc5-c5cnc(-c6[c-]cccc6)cc5-c5ccc(-c6ccccc6)cc5)c4)CCCC3)cn2)c(F)c1.[Ir+3]. The Morgan fingerprint density at radius 1 is 0.403 bits per heavy atom. The predicted molar refractivity (Wildman–Crippen MR) is 295 cm³/mol. The van der Waals surface area contributed by atoms with Crippen molar-refractivity contribution in [1.82, 2.24) is 15.0 Å². The van der Waals surface area contributed by atoms with Gasteiger partial charge >= 0.3 is 20.1 Å². The minimum Gasteiger partial charge on any atom is -0.304 e. The quantitative estimate of drug-likeness (QED) is 0.0853. The molecule has 2 fully saturated rings. The van der Waals surface area contributed by atoms with Crippen LogP contribution in [0.1, 0.15) is 73.6 Å². The molecule has 0 unspecified atom stereocenters. The van der Waals surface area contributed by atoms with Gasteiger partial charge in [0.1, 0.15) is 0 Å². The van der Waals surface area contributed by atoms with E-state index in [1.54, 1.807) is 0 Å². The van der Waals surface area contributed by atoms with Crippen molar-refractivity contribution in [1.29, 1.82) is 0 Å². The zero-order valence-corrected chi connectivity index (χ0v) is 44.6. The fourth-order valence-electron chi connectivity index (χ4n) is 12.2. The van der Waals surface area contributed by atoms with Crippen LogP contribution in [0.4, 0.5) is 17.6 Å². The molecule has 0 aliphatic heterocycles. The standard InChI is InChI=1S/C69H52F4N3.Ir/c70-55-25-27-59(63(72)38-55)65-29-23-53(43-74-65)68(31-9-10-32-68)41-46-35-47(42-69(33-11-12-34-69)54-24-30-66(75-44-54)60-28-26-56(71)39-64(60)73)37-52(36-46)57-17-7-8-18-58(57)62-45-76-67(51-15-5-2-6-16-51)40-61(62)50-21-19-49(20-22-50)48-13-3-1-4-14-48;/h1-8,13-15,17-26,29-30,35-40,43-45H,9-12,31-34,41-42H2;/q-3;+3. The Balaban J connectivity index is 0.00000631. The van der Waals surface area contributed by atoms with Gasteiger partial charge in [0.15, 0.2) is 0 Å². The van der Waals surface area contributed by atoms with Crippen molar-refractivity contribution >= 4 is 0 Å². The molecular formula is C69H52F4IrN3. The molecular weight excluding hydrogens is 1140 g/mol. The largest absolute Gasteiger partial charge is 3.00 e. The van der Waals surface area contributed by atoms with Crippen molar-refractivity contribution in [3.8, 4) is 78.3 Å². The van der Waals surface area contributed by atoms with Crippen LogP contribution in [0.15, 0.2) is 195 Å². The summed E-state index contributed by atoms with van der Waals surface area (Å²) < 4.78 is 57.7. The van der Waals surface area contributed by atoms with E-state index in [-0.39, 0.29) is 42.1 Å². The molecule has 77 heavy (non-hydrogen) atoms.